The molecule has 1 amide bonds. The highest BCUT2D eigenvalue weighted by molar-refractivity contribution is 7.90. The Morgan fingerprint density at radius 3 is 2.48 bits per heavy atom. The summed E-state index contributed by atoms with van der Waals surface area (Å²) in [5, 5.41) is 7.55. The molecule has 2 rings (SSSR count). The Kier molecular flexibility index (Phi) is 4.20. The first-order chi connectivity index (χ1) is 9.68. The van der Waals surface area contributed by atoms with Crippen molar-refractivity contribution in [2.45, 2.75) is 32.2 Å². The van der Waals surface area contributed by atoms with E-state index >= 15 is 0 Å². The maximum absolute atomic E-state index is 12.0. The van der Waals surface area contributed by atoms with Gasteiger partial charge in [-0.15, -0.1) is 11.3 Å². The van der Waals surface area contributed by atoms with Crippen molar-refractivity contribution in [3.63, 3.8) is 0 Å². The molecule has 6 nitrogen and oxygen atoms in total. The Bertz CT molecular complexity index is 788. The van der Waals surface area contributed by atoms with Crippen molar-refractivity contribution >= 4 is 32.1 Å². The third kappa shape index (κ3) is 3.51. The summed E-state index contributed by atoms with van der Waals surface area (Å²) in [4.78, 5) is 13.3. The average Bonchev–Trinajstić information content (AvgIpc) is 2.91. The van der Waals surface area contributed by atoms with E-state index in [1.165, 1.54) is 38.9 Å². The second kappa shape index (κ2) is 5.61. The van der Waals surface area contributed by atoms with Gasteiger partial charge in [0.25, 0.3) is 0 Å². The molecular weight excluding hydrogens is 310 g/mol. The number of rotatable bonds is 4. The molecule has 0 fully saturated rings. The van der Waals surface area contributed by atoms with E-state index in [4.69, 9.17) is 0 Å². The second-order valence-corrected chi connectivity index (χ2v) is 8.17. The number of amides is 1. The van der Waals surface area contributed by atoms with Crippen LogP contribution in [0.1, 0.15) is 16.0 Å². The number of aromatic nitrogens is 2. The number of nitrogens with zero attached hydrogens (tertiary/aromatic N) is 2. The fraction of sp³-hybridized carbons (Fsp3) is 0.385. The zero-order valence-corrected chi connectivity index (χ0v) is 13.9. The molecule has 0 radical (unpaired) electrons. The van der Waals surface area contributed by atoms with Crippen molar-refractivity contribution < 1.29 is 13.2 Å². The molecule has 2 aromatic heterocycles. The first-order valence-electron chi connectivity index (χ1n) is 6.27. The Hall–Kier alpha value is -1.67. The Balaban J connectivity index is 2.08. The topological polar surface area (TPSA) is 81.1 Å². The number of carbonyl (C=O) groups excluding carboxylic acids is 1. The number of anilines is 1. The van der Waals surface area contributed by atoms with Crippen LogP contribution in [0.25, 0.3) is 0 Å². The number of sulfone groups is 1. The van der Waals surface area contributed by atoms with Crippen molar-refractivity contribution in [3.8, 4) is 0 Å². The van der Waals surface area contributed by atoms with Crippen molar-refractivity contribution in [2.75, 3.05) is 11.6 Å². The van der Waals surface area contributed by atoms with Crippen LogP contribution in [0, 0.1) is 20.8 Å². The molecular formula is C13H17N3O3S2. The van der Waals surface area contributed by atoms with E-state index in [0.717, 1.165) is 16.8 Å². The molecule has 0 saturated heterocycles. The van der Waals surface area contributed by atoms with Crippen LogP contribution in [-0.4, -0.2) is 30.4 Å². The molecule has 0 spiro atoms. The van der Waals surface area contributed by atoms with Crippen LogP contribution in [-0.2, 0) is 21.2 Å². The maximum atomic E-state index is 12.0. The highest BCUT2D eigenvalue weighted by Gasteiger charge is 2.14. The number of hydrogen-bond donors (Lipinski definition) is 1. The number of carbonyl (C=O) groups is 1. The quantitative estimate of drug-likeness (QED) is 0.930. The van der Waals surface area contributed by atoms with Gasteiger partial charge in [-0.3, -0.25) is 9.48 Å². The van der Waals surface area contributed by atoms with Gasteiger partial charge in [-0.05, 0) is 31.9 Å². The molecule has 0 unspecified atom stereocenters. The zero-order chi connectivity index (χ0) is 15.8. The molecule has 114 valence electrons. The van der Waals surface area contributed by atoms with Gasteiger partial charge in [0.2, 0.25) is 5.91 Å². The van der Waals surface area contributed by atoms with Crippen LogP contribution >= 0.6 is 11.3 Å². The summed E-state index contributed by atoms with van der Waals surface area (Å²) in [5.74, 6) is -0.234. The van der Waals surface area contributed by atoms with E-state index in [0.29, 0.717) is 0 Å². The van der Waals surface area contributed by atoms with E-state index in [9.17, 15) is 13.2 Å². The number of aryl methyl sites for hydroxylation is 1. The lowest BCUT2D eigenvalue weighted by Gasteiger charge is -2.04. The van der Waals surface area contributed by atoms with Gasteiger partial charge in [0.05, 0.1) is 11.2 Å². The summed E-state index contributed by atoms with van der Waals surface area (Å²) in [6.07, 6.45) is 3.70. The van der Waals surface area contributed by atoms with Crippen LogP contribution in [0.5, 0.6) is 0 Å². The summed E-state index contributed by atoms with van der Waals surface area (Å²) >= 11 is 1.53. The van der Waals surface area contributed by atoms with Gasteiger partial charge < -0.3 is 5.32 Å². The molecule has 0 atom stereocenters. The smallest absolute Gasteiger partial charge is 0.246 e. The molecule has 2 aromatic rings. The Morgan fingerprint density at radius 1 is 1.33 bits per heavy atom. The second-order valence-electron chi connectivity index (χ2n) is 4.93. The first-order valence-corrected chi connectivity index (χ1v) is 8.98. The van der Waals surface area contributed by atoms with E-state index in [1.54, 1.807) is 0 Å². The minimum Gasteiger partial charge on any atom is -0.316 e. The molecule has 0 aromatic carbocycles. The van der Waals surface area contributed by atoms with Gasteiger partial charge in [0.15, 0.2) is 9.84 Å². The van der Waals surface area contributed by atoms with Crippen LogP contribution in [0.4, 0.5) is 5.00 Å². The molecule has 0 bridgehead atoms. The van der Waals surface area contributed by atoms with E-state index in [-0.39, 0.29) is 17.3 Å². The monoisotopic (exact) mass is 327 g/mol. The molecule has 21 heavy (non-hydrogen) atoms. The van der Waals surface area contributed by atoms with Gasteiger partial charge in [-0.1, -0.05) is 0 Å². The predicted octanol–water partition coefficient (Wildman–Crippen LogP) is 1.91. The SMILES string of the molecule is Cc1sc(NC(=O)Cn2cc(S(C)(=O)=O)cn2)c(C)c1C. The normalized spacial score (nSPS) is 11.6. The summed E-state index contributed by atoms with van der Waals surface area (Å²) in [6.45, 7) is 5.96. The lowest BCUT2D eigenvalue weighted by molar-refractivity contribution is -0.116. The zero-order valence-electron chi connectivity index (χ0n) is 12.3. The number of hydrogen-bond acceptors (Lipinski definition) is 5. The van der Waals surface area contributed by atoms with Gasteiger partial charge >= 0.3 is 0 Å². The minimum absolute atomic E-state index is 0.0229. The lowest BCUT2D eigenvalue weighted by Crippen LogP contribution is -2.18. The summed E-state index contributed by atoms with van der Waals surface area (Å²) in [7, 11) is -3.30. The highest BCUT2D eigenvalue weighted by Crippen LogP contribution is 2.31. The third-order valence-corrected chi connectivity index (χ3v) is 5.57. The molecule has 8 heteroatoms. The summed E-state index contributed by atoms with van der Waals surface area (Å²) < 4.78 is 24.0. The van der Waals surface area contributed by atoms with E-state index in [1.807, 2.05) is 20.8 Å². The number of thiophene rings is 1. The van der Waals surface area contributed by atoms with Gasteiger partial charge in [0, 0.05) is 17.3 Å². The molecule has 2 heterocycles. The number of nitrogens with one attached hydrogen (secondary N) is 1. The lowest BCUT2D eigenvalue weighted by atomic mass is 10.2. The van der Waals surface area contributed by atoms with E-state index < -0.39 is 9.84 Å². The van der Waals surface area contributed by atoms with Crippen LogP contribution in [0.2, 0.25) is 0 Å². The fourth-order valence-electron chi connectivity index (χ4n) is 1.80. The molecule has 0 aliphatic heterocycles. The van der Waals surface area contributed by atoms with Crippen LogP contribution < -0.4 is 5.32 Å². The largest absolute Gasteiger partial charge is 0.316 e. The Labute approximate surface area is 127 Å². The summed E-state index contributed by atoms with van der Waals surface area (Å²) in [5.41, 5.74) is 2.23. The van der Waals surface area contributed by atoms with Crippen molar-refractivity contribution in [2.24, 2.45) is 0 Å². The maximum Gasteiger partial charge on any atom is 0.246 e. The van der Waals surface area contributed by atoms with Gasteiger partial charge in [-0.25, -0.2) is 8.42 Å². The van der Waals surface area contributed by atoms with Gasteiger partial charge in [0.1, 0.15) is 11.4 Å². The van der Waals surface area contributed by atoms with Crippen LogP contribution in [0.3, 0.4) is 0 Å². The Morgan fingerprint density at radius 2 is 2.00 bits per heavy atom. The minimum atomic E-state index is -3.30. The van der Waals surface area contributed by atoms with Crippen LogP contribution in [0.15, 0.2) is 17.3 Å². The molecule has 1 N–H and O–H groups in total. The molecule has 0 aliphatic rings. The van der Waals surface area contributed by atoms with Crippen molar-refractivity contribution in [1.82, 2.24) is 9.78 Å². The average molecular weight is 327 g/mol. The van der Waals surface area contributed by atoms with Crippen molar-refractivity contribution in [3.05, 3.63) is 28.4 Å². The first kappa shape index (κ1) is 15.7. The fourth-order valence-corrected chi connectivity index (χ4v) is 3.43. The third-order valence-electron chi connectivity index (χ3n) is 3.28. The van der Waals surface area contributed by atoms with E-state index in [2.05, 4.69) is 10.4 Å². The predicted molar refractivity (Wildman–Crippen MR) is 82.5 cm³/mol. The standard InChI is InChI=1S/C13H17N3O3S2/c1-8-9(2)13(20-10(8)3)15-12(17)7-16-6-11(5-14-16)21(4,18)19/h5-6H,7H2,1-4H3,(H,15,17). The van der Waals surface area contributed by atoms with Gasteiger partial charge in [-0.2, -0.15) is 5.10 Å². The molecule has 0 saturated carbocycles. The molecule has 0 aliphatic carbocycles. The van der Waals surface area contributed by atoms with Crippen molar-refractivity contribution in [1.29, 1.82) is 0 Å². The highest BCUT2D eigenvalue weighted by atomic mass is 32.2. The summed E-state index contributed by atoms with van der Waals surface area (Å²) in [6, 6.07) is 0.